The fourth-order valence-corrected chi connectivity index (χ4v) is 1.85. The normalized spacial score (nSPS) is 13.0. The average Bonchev–Trinajstić information content (AvgIpc) is 2.59. The number of hydrogen-bond acceptors (Lipinski definition) is 4. The lowest BCUT2D eigenvalue weighted by Gasteiger charge is -2.10. The number of rotatable bonds is 3. The highest BCUT2D eigenvalue weighted by atomic mass is 16.5. The summed E-state index contributed by atoms with van der Waals surface area (Å²) < 4.78 is 7.15. The molecule has 1 atom stereocenters. The van der Waals surface area contributed by atoms with Crippen LogP contribution in [0.4, 0.5) is 0 Å². The zero-order valence-electron chi connectivity index (χ0n) is 9.77. The number of hydrogen-bond donors (Lipinski definition) is 1. The first-order chi connectivity index (χ1) is 7.63. The van der Waals surface area contributed by atoms with Crippen LogP contribution >= 0.6 is 0 Å². The summed E-state index contributed by atoms with van der Waals surface area (Å²) in [5.41, 5.74) is 7.64. The number of aromatic nitrogens is 3. The second kappa shape index (κ2) is 4.09. The Bertz CT molecular complexity index is 504. The Kier molecular flexibility index (Phi) is 2.78. The van der Waals surface area contributed by atoms with E-state index in [-0.39, 0.29) is 6.04 Å². The van der Waals surface area contributed by atoms with Crippen molar-refractivity contribution in [3.8, 4) is 5.75 Å². The summed E-state index contributed by atoms with van der Waals surface area (Å²) >= 11 is 0. The molecule has 0 aromatic carbocycles. The third-order valence-electron chi connectivity index (χ3n) is 2.53. The molecule has 2 aromatic rings. The second-order valence-corrected chi connectivity index (χ2v) is 4.00. The first-order valence-corrected chi connectivity index (χ1v) is 5.22. The molecule has 0 aliphatic carbocycles. The van der Waals surface area contributed by atoms with Gasteiger partial charge in [-0.3, -0.25) is 4.68 Å². The van der Waals surface area contributed by atoms with Gasteiger partial charge in [0.05, 0.1) is 18.7 Å². The summed E-state index contributed by atoms with van der Waals surface area (Å²) in [6.07, 6.45) is 4.33. The molecule has 0 amide bonds. The highest BCUT2D eigenvalue weighted by Gasteiger charge is 2.13. The lowest BCUT2D eigenvalue weighted by Crippen LogP contribution is -2.18. The van der Waals surface area contributed by atoms with Gasteiger partial charge in [-0.2, -0.15) is 5.10 Å². The molecule has 16 heavy (non-hydrogen) atoms. The predicted molar refractivity (Wildman–Crippen MR) is 62.4 cm³/mol. The highest BCUT2D eigenvalue weighted by molar-refractivity contribution is 5.83. The van der Waals surface area contributed by atoms with Crippen molar-refractivity contribution in [2.75, 3.05) is 7.11 Å². The zero-order valence-corrected chi connectivity index (χ0v) is 9.77. The minimum absolute atomic E-state index is 0.0878. The molecule has 0 saturated carbocycles. The number of methoxy groups -OCH3 is 1. The molecule has 0 fully saturated rings. The van der Waals surface area contributed by atoms with Gasteiger partial charge in [-0.05, 0) is 13.3 Å². The third-order valence-corrected chi connectivity index (χ3v) is 2.53. The fourth-order valence-electron chi connectivity index (χ4n) is 1.85. The number of ether oxygens (including phenoxy) is 1. The van der Waals surface area contributed by atoms with Gasteiger partial charge in [0.25, 0.3) is 0 Å². The van der Waals surface area contributed by atoms with Gasteiger partial charge in [0, 0.05) is 24.8 Å². The van der Waals surface area contributed by atoms with Crippen molar-refractivity contribution in [1.82, 2.24) is 14.8 Å². The maximum atomic E-state index is 5.79. The first kappa shape index (κ1) is 10.9. The van der Waals surface area contributed by atoms with Crippen molar-refractivity contribution in [3.63, 3.8) is 0 Å². The molecule has 5 nitrogen and oxygen atoms in total. The largest absolute Gasteiger partial charge is 0.496 e. The molecule has 0 aliphatic rings. The van der Waals surface area contributed by atoms with Gasteiger partial charge in [0.2, 0.25) is 0 Å². The molecular weight excluding hydrogens is 204 g/mol. The Hall–Kier alpha value is -1.62. The Balaban J connectivity index is 2.59. The number of nitrogens with two attached hydrogens (primary N) is 1. The van der Waals surface area contributed by atoms with Crippen LogP contribution in [0, 0.1) is 0 Å². The van der Waals surface area contributed by atoms with E-state index in [1.807, 2.05) is 20.2 Å². The fraction of sp³-hybridized carbons (Fsp3) is 0.455. The van der Waals surface area contributed by atoms with Gasteiger partial charge in [-0.1, -0.05) is 0 Å². The van der Waals surface area contributed by atoms with Crippen LogP contribution in [0.1, 0.15) is 12.5 Å². The van der Waals surface area contributed by atoms with Crippen LogP contribution in [0.15, 0.2) is 12.4 Å². The Morgan fingerprint density at radius 2 is 2.25 bits per heavy atom. The van der Waals surface area contributed by atoms with Crippen LogP contribution in [0.5, 0.6) is 5.75 Å². The van der Waals surface area contributed by atoms with E-state index in [0.29, 0.717) is 0 Å². The predicted octanol–water partition coefficient (Wildman–Crippen LogP) is 0.867. The van der Waals surface area contributed by atoms with Gasteiger partial charge in [0.1, 0.15) is 5.75 Å². The second-order valence-electron chi connectivity index (χ2n) is 4.00. The summed E-state index contributed by atoms with van der Waals surface area (Å²) in [4.78, 5) is 4.37. The minimum atomic E-state index is 0.0878. The topological polar surface area (TPSA) is 66.0 Å². The average molecular weight is 220 g/mol. The molecule has 0 bridgehead atoms. The summed E-state index contributed by atoms with van der Waals surface area (Å²) in [5.74, 6) is 0.829. The van der Waals surface area contributed by atoms with Crippen molar-refractivity contribution in [2.45, 2.75) is 19.4 Å². The van der Waals surface area contributed by atoms with Crippen molar-refractivity contribution in [1.29, 1.82) is 0 Å². The molecule has 0 radical (unpaired) electrons. The zero-order chi connectivity index (χ0) is 11.7. The van der Waals surface area contributed by atoms with Crippen molar-refractivity contribution >= 4 is 11.0 Å². The molecule has 0 aliphatic heterocycles. The Morgan fingerprint density at radius 3 is 2.88 bits per heavy atom. The molecule has 2 aromatic heterocycles. The maximum absolute atomic E-state index is 5.79. The molecule has 86 valence electrons. The maximum Gasteiger partial charge on any atom is 0.161 e. The van der Waals surface area contributed by atoms with Crippen LogP contribution in [-0.2, 0) is 13.5 Å². The summed E-state index contributed by atoms with van der Waals surface area (Å²) in [7, 11) is 3.52. The summed E-state index contributed by atoms with van der Waals surface area (Å²) in [6.45, 7) is 1.97. The quantitative estimate of drug-likeness (QED) is 0.833. The van der Waals surface area contributed by atoms with Gasteiger partial charge in [0.15, 0.2) is 5.65 Å². The van der Waals surface area contributed by atoms with Gasteiger partial charge >= 0.3 is 0 Å². The van der Waals surface area contributed by atoms with Crippen LogP contribution in [0.25, 0.3) is 11.0 Å². The Labute approximate surface area is 94.2 Å². The molecule has 2 heterocycles. The number of fused-ring (bicyclic) bond motifs is 1. The van der Waals surface area contributed by atoms with Crippen molar-refractivity contribution < 1.29 is 4.74 Å². The minimum Gasteiger partial charge on any atom is -0.496 e. The van der Waals surface area contributed by atoms with Crippen LogP contribution < -0.4 is 10.5 Å². The number of nitrogens with zero attached hydrogens (tertiary/aromatic N) is 3. The molecule has 2 N–H and O–H groups in total. The SMILES string of the molecule is COc1c(CC(C)N)cnc2c1cnn2C. The van der Waals surface area contributed by atoms with Crippen molar-refractivity contribution in [3.05, 3.63) is 18.0 Å². The summed E-state index contributed by atoms with van der Waals surface area (Å²) in [6, 6.07) is 0.0878. The molecule has 1 unspecified atom stereocenters. The monoisotopic (exact) mass is 220 g/mol. The lowest BCUT2D eigenvalue weighted by atomic mass is 10.1. The van der Waals surface area contributed by atoms with Gasteiger partial charge in [-0.15, -0.1) is 0 Å². The van der Waals surface area contributed by atoms with Crippen LogP contribution in [0.2, 0.25) is 0 Å². The highest BCUT2D eigenvalue weighted by Crippen LogP contribution is 2.28. The van der Waals surface area contributed by atoms with E-state index in [9.17, 15) is 0 Å². The number of pyridine rings is 1. The standard InChI is InChI=1S/C11H16N4O/c1-7(12)4-8-5-13-11-9(10(8)16-3)6-14-15(11)2/h5-7H,4,12H2,1-3H3. The summed E-state index contributed by atoms with van der Waals surface area (Å²) in [5, 5.41) is 5.10. The van der Waals surface area contributed by atoms with E-state index >= 15 is 0 Å². The molecule has 0 saturated heterocycles. The van der Waals surface area contributed by atoms with Crippen LogP contribution in [0.3, 0.4) is 0 Å². The van der Waals surface area contributed by atoms with E-state index in [1.165, 1.54) is 0 Å². The lowest BCUT2D eigenvalue weighted by molar-refractivity contribution is 0.413. The molecule has 5 heteroatoms. The molecular formula is C11H16N4O. The molecule has 2 rings (SSSR count). The molecule has 0 spiro atoms. The van der Waals surface area contributed by atoms with Gasteiger partial charge < -0.3 is 10.5 Å². The van der Waals surface area contributed by atoms with E-state index < -0.39 is 0 Å². The van der Waals surface area contributed by atoms with E-state index in [2.05, 4.69) is 10.1 Å². The number of aryl methyl sites for hydroxylation is 1. The first-order valence-electron chi connectivity index (χ1n) is 5.22. The van der Waals surface area contributed by atoms with Crippen molar-refractivity contribution in [2.24, 2.45) is 12.8 Å². The third kappa shape index (κ3) is 1.74. The van der Waals surface area contributed by atoms with E-state index in [0.717, 1.165) is 28.8 Å². The Morgan fingerprint density at radius 1 is 1.50 bits per heavy atom. The van der Waals surface area contributed by atoms with E-state index in [1.54, 1.807) is 18.0 Å². The van der Waals surface area contributed by atoms with Gasteiger partial charge in [-0.25, -0.2) is 4.98 Å². The smallest absolute Gasteiger partial charge is 0.161 e. The van der Waals surface area contributed by atoms with Crippen LogP contribution in [-0.4, -0.2) is 27.9 Å². The van der Waals surface area contributed by atoms with E-state index in [4.69, 9.17) is 10.5 Å².